The summed E-state index contributed by atoms with van der Waals surface area (Å²) in [6.45, 7) is 7.03. The number of methoxy groups -OCH3 is 2. The molecule has 1 aliphatic carbocycles. The second-order valence-corrected chi connectivity index (χ2v) is 10.1. The van der Waals surface area contributed by atoms with Crippen LogP contribution in [0, 0.1) is 5.82 Å². The topological polar surface area (TPSA) is 131 Å². The normalized spacial score (nSPS) is 17.3. The van der Waals surface area contributed by atoms with Crippen molar-refractivity contribution in [2.24, 2.45) is 0 Å². The number of alkyl carbamates (subject to hydrolysis) is 1. The van der Waals surface area contributed by atoms with Gasteiger partial charge in [-0.25, -0.2) is 19.0 Å². The van der Waals surface area contributed by atoms with E-state index < -0.39 is 23.5 Å². The molecular formula is C27H37FN4O6. The number of anilines is 3. The fraction of sp³-hybridized carbons (Fsp3) is 0.519. The van der Waals surface area contributed by atoms with Gasteiger partial charge in [-0.1, -0.05) is 19.8 Å². The van der Waals surface area contributed by atoms with Crippen LogP contribution in [0.5, 0.6) is 11.5 Å². The van der Waals surface area contributed by atoms with E-state index in [1.54, 1.807) is 45.9 Å². The molecule has 2 aromatic rings. The van der Waals surface area contributed by atoms with Gasteiger partial charge in [0.1, 0.15) is 28.5 Å². The molecule has 1 aromatic carbocycles. The van der Waals surface area contributed by atoms with Gasteiger partial charge in [0.25, 0.3) is 0 Å². The second-order valence-electron chi connectivity index (χ2n) is 10.1. The minimum atomic E-state index is -1.31. The highest BCUT2D eigenvalue weighted by Crippen LogP contribution is 2.33. The number of benzene rings is 1. The number of carbonyl (C=O) groups excluding carboxylic acids is 1. The Labute approximate surface area is 222 Å². The standard InChI is InChI=1S/C27H37FN4O6/c1-7-18-21(25(33)34)23(29-15-12-16(36-5)14-17(13-15)37-6)32-24(22(18)28)30-19-10-8-9-11-20(19)31-26(35)38-27(2,3)4/h12-14,19-20H,7-11H2,1-6H3,(H,31,35)(H,33,34)(H2,29,30,32)/t19-,20+/m1/s1. The molecule has 0 radical (unpaired) electrons. The highest BCUT2D eigenvalue weighted by Gasteiger charge is 2.31. The Bertz CT molecular complexity index is 1140. The third kappa shape index (κ3) is 7.17. The number of ether oxygens (including phenoxy) is 3. The Hall–Kier alpha value is -3.76. The van der Waals surface area contributed by atoms with E-state index in [2.05, 4.69) is 20.9 Å². The third-order valence-corrected chi connectivity index (χ3v) is 6.21. The minimum absolute atomic E-state index is 0.0137. The molecule has 0 aliphatic heterocycles. The molecule has 1 aliphatic rings. The van der Waals surface area contributed by atoms with Crippen LogP contribution in [0.4, 0.5) is 26.5 Å². The zero-order valence-electron chi connectivity index (χ0n) is 22.7. The Kier molecular flexibility index (Phi) is 9.24. The second kappa shape index (κ2) is 12.2. The monoisotopic (exact) mass is 532 g/mol. The number of carbonyl (C=O) groups is 2. The maximum absolute atomic E-state index is 15.6. The van der Waals surface area contributed by atoms with Crippen molar-refractivity contribution in [1.82, 2.24) is 10.3 Å². The van der Waals surface area contributed by atoms with Crippen LogP contribution in [0.3, 0.4) is 0 Å². The number of hydrogen-bond donors (Lipinski definition) is 4. The number of rotatable bonds is 9. The van der Waals surface area contributed by atoms with Crippen molar-refractivity contribution in [3.63, 3.8) is 0 Å². The number of carboxylic acids is 1. The van der Waals surface area contributed by atoms with Gasteiger partial charge in [-0.3, -0.25) is 0 Å². The van der Waals surface area contributed by atoms with E-state index in [0.717, 1.165) is 12.8 Å². The fourth-order valence-electron chi connectivity index (χ4n) is 4.49. The fourth-order valence-corrected chi connectivity index (χ4v) is 4.49. The van der Waals surface area contributed by atoms with Crippen LogP contribution in [0.15, 0.2) is 18.2 Å². The summed E-state index contributed by atoms with van der Waals surface area (Å²) < 4.78 is 31.7. The summed E-state index contributed by atoms with van der Waals surface area (Å²) in [4.78, 5) is 29.0. The van der Waals surface area contributed by atoms with Crippen LogP contribution in [0.25, 0.3) is 0 Å². The lowest BCUT2D eigenvalue weighted by Crippen LogP contribution is -2.50. The molecule has 1 heterocycles. The van der Waals surface area contributed by atoms with Crippen molar-refractivity contribution in [3.05, 3.63) is 35.1 Å². The largest absolute Gasteiger partial charge is 0.497 e. The van der Waals surface area contributed by atoms with Gasteiger partial charge < -0.3 is 35.3 Å². The first kappa shape index (κ1) is 28.8. The van der Waals surface area contributed by atoms with Gasteiger partial charge in [0.15, 0.2) is 11.6 Å². The molecule has 4 N–H and O–H groups in total. The van der Waals surface area contributed by atoms with E-state index in [1.807, 2.05) is 0 Å². The highest BCUT2D eigenvalue weighted by atomic mass is 19.1. The molecule has 1 saturated carbocycles. The quantitative estimate of drug-likeness (QED) is 0.331. The van der Waals surface area contributed by atoms with Crippen molar-refractivity contribution < 1.29 is 33.3 Å². The van der Waals surface area contributed by atoms with Gasteiger partial charge in [0, 0.05) is 35.5 Å². The molecule has 1 amide bonds. The minimum Gasteiger partial charge on any atom is -0.497 e. The Morgan fingerprint density at radius 2 is 1.66 bits per heavy atom. The van der Waals surface area contributed by atoms with E-state index in [1.165, 1.54) is 14.2 Å². The maximum Gasteiger partial charge on any atom is 0.407 e. The summed E-state index contributed by atoms with van der Waals surface area (Å²) in [5.41, 5.74) is -0.441. The van der Waals surface area contributed by atoms with Crippen LogP contribution < -0.4 is 25.4 Å². The van der Waals surface area contributed by atoms with Crippen molar-refractivity contribution in [2.75, 3.05) is 24.9 Å². The molecule has 10 nitrogen and oxygen atoms in total. The molecule has 2 atom stereocenters. The van der Waals surface area contributed by atoms with E-state index in [0.29, 0.717) is 30.0 Å². The lowest BCUT2D eigenvalue weighted by molar-refractivity contribution is 0.0488. The van der Waals surface area contributed by atoms with Crippen LogP contribution >= 0.6 is 0 Å². The zero-order valence-corrected chi connectivity index (χ0v) is 22.7. The molecule has 1 fully saturated rings. The molecule has 0 spiro atoms. The molecule has 0 unspecified atom stereocenters. The predicted molar refractivity (Wildman–Crippen MR) is 142 cm³/mol. The SMILES string of the molecule is CCc1c(F)c(N[C@@H]2CCCC[C@@H]2NC(=O)OC(C)(C)C)nc(Nc2cc(OC)cc(OC)c2)c1C(=O)O. The summed E-state index contributed by atoms with van der Waals surface area (Å²) in [5, 5.41) is 19.0. The van der Waals surface area contributed by atoms with E-state index in [-0.39, 0.29) is 41.3 Å². The number of amides is 1. The molecule has 1 aromatic heterocycles. The smallest absolute Gasteiger partial charge is 0.407 e. The number of halogens is 1. The van der Waals surface area contributed by atoms with Gasteiger partial charge in [-0.05, 0) is 40.0 Å². The van der Waals surface area contributed by atoms with E-state index in [9.17, 15) is 14.7 Å². The van der Waals surface area contributed by atoms with Gasteiger partial charge in [-0.2, -0.15) is 0 Å². The number of aromatic nitrogens is 1. The van der Waals surface area contributed by atoms with Crippen molar-refractivity contribution >= 4 is 29.4 Å². The van der Waals surface area contributed by atoms with E-state index in [4.69, 9.17) is 14.2 Å². The van der Waals surface area contributed by atoms with Crippen LogP contribution in [-0.4, -0.2) is 54.1 Å². The number of nitrogens with one attached hydrogen (secondary N) is 3. The average Bonchev–Trinajstić information content (AvgIpc) is 2.85. The first-order valence-corrected chi connectivity index (χ1v) is 12.7. The predicted octanol–water partition coefficient (Wildman–Crippen LogP) is 5.49. The first-order valence-electron chi connectivity index (χ1n) is 12.7. The number of pyridine rings is 1. The van der Waals surface area contributed by atoms with Gasteiger partial charge >= 0.3 is 12.1 Å². The lowest BCUT2D eigenvalue weighted by atomic mass is 9.90. The Morgan fingerprint density at radius 1 is 1.05 bits per heavy atom. The van der Waals surface area contributed by atoms with Crippen LogP contribution in [0.2, 0.25) is 0 Å². The lowest BCUT2D eigenvalue weighted by Gasteiger charge is -2.34. The molecule has 208 valence electrons. The Balaban J connectivity index is 1.98. The summed E-state index contributed by atoms with van der Waals surface area (Å²) in [7, 11) is 3.00. The molecule has 11 heteroatoms. The number of aromatic carboxylic acids is 1. The maximum atomic E-state index is 15.6. The van der Waals surface area contributed by atoms with Gasteiger partial charge in [0.2, 0.25) is 0 Å². The Morgan fingerprint density at radius 3 is 2.18 bits per heavy atom. The zero-order chi connectivity index (χ0) is 28.0. The third-order valence-electron chi connectivity index (χ3n) is 6.21. The number of nitrogens with zero attached hydrogens (tertiary/aromatic N) is 1. The molecule has 0 saturated heterocycles. The van der Waals surface area contributed by atoms with Crippen molar-refractivity contribution in [3.8, 4) is 11.5 Å². The number of carboxylic acid groups (broad SMARTS) is 1. The van der Waals surface area contributed by atoms with Crippen molar-refractivity contribution in [2.45, 2.75) is 77.5 Å². The summed E-state index contributed by atoms with van der Waals surface area (Å²) in [5.74, 6) is -1.19. The van der Waals surface area contributed by atoms with E-state index >= 15 is 4.39 Å². The number of hydrogen-bond acceptors (Lipinski definition) is 8. The first-order chi connectivity index (χ1) is 17.9. The van der Waals surface area contributed by atoms with Crippen molar-refractivity contribution in [1.29, 1.82) is 0 Å². The van der Waals surface area contributed by atoms with Crippen LogP contribution in [0.1, 0.15) is 69.3 Å². The average molecular weight is 533 g/mol. The highest BCUT2D eigenvalue weighted by molar-refractivity contribution is 5.96. The summed E-state index contributed by atoms with van der Waals surface area (Å²) in [6, 6.07) is 4.33. The summed E-state index contributed by atoms with van der Waals surface area (Å²) >= 11 is 0. The molecular weight excluding hydrogens is 495 g/mol. The summed E-state index contributed by atoms with van der Waals surface area (Å²) in [6.07, 6.45) is 2.71. The van der Waals surface area contributed by atoms with Gasteiger partial charge in [-0.15, -0.1) is 0 Å². The molecule has 38 heavy (non-hydrogen) atoms. The molecule has 0 bridgehead atoms. The van der Waals surface area contributed by atoms with Crippen LogP contribution in [-0.2, 0) is 11.2 Å². The molecule has 3 rings (SSSR count). The van der Waals surface area contributed by atoms with Gasteiger partial charge in [0.05, 0.1) is 20.3 Å².